The molecule has 1 aromatic rings. The lowest BCUT2D eigenvalue weighted by Crippen LogP contribution is -2.40. The largest absolute Gasteiger partial charge is 0.478 e. The van der Waals surface area contributed by atoms with Crippen LogP contribution in [0.3, 0.4) is 0 Å². The minimum absolute atomic E-state index is 0.383. The van der Waals surface area contributed by atoms with Crippen LogP contribution in [0.15, 0.2) is 36.4 Å². The Morgan fingerprint density at radius 2 is 1.79 bits per heavy atom. The van der Waals surface area contributed by atoms with Gasteiger partial charge in [-0.3, -0.25) is 15.0 Å². The molecule has 0 saturated carbocycles. The number of hydrogen-bond acceptors (Lipinski definition) is 3. The van der Waals surface area contributed by atoms with Crippen molar-refractivity contribution in [1.82, 2.24) is 5.32 Å². The fraction of sp³-hybridized carbons (Fsp3) is 0.0833. The first-order chi connectivity index (χ1) is 8.90. The number of carboxylic acids is 1. The number of anilines is 1. The highest BCUT2D eigenvalue weighted by atomic mass is 19.1. The van der Waals surface area contributed by atoms with Crippen LogP contribution < -0.4 is 10.2 Å². The van der Waals surface area contributed by atoms with Crippen LogP contribution in [0.2, 0.25) is 0 Å². The summed E-state index contributed by atoms with van der Waals surface area (Å²) in [6.07, 6.45) is 1.33. The standard InChI is InChI=1S/C12H11FN2O4/c1-15(9-4-2-8(13)3-5-9)12(19)14-10(16)6-7-11(17)18/h2-7H,1H3,(H,17,18)(H,14,16,19). The molecule has 19 heavy (non-hydrogen) atoms. The van der Waals surface area contributed by atoms with Gasteiger partial charge < -0.3 is 5.11 Å². The molecule has 2 N–H and O–H groups in total. The van der Waals surface area contributed by atoms with E-state index in [1.165, 1.54) is 31.3 Å². The van der Waals surface area contributed by atoms with E-state index in [0.717, 1.165) is 11.0 Å². The Morgan fingerprint density at radius 1 is 1.21 bits per heavy atom. The Bertz CT molecular complexity index is 525. The normalized spacial score (nSPS) is 10.2. The average Bonchev–Trinajstić information content (AvgIpc) is 2.36. The van der Waals surface area contributed by atoms with Gasteiger partial charge in [0.2, 0.25) is 0 Å². The zero-order chi connectivity index (χ0) is 14.4. The summed E-state index contributed by atoms with van der Waals surface area (Å²) >= 11 is 0. The van der Waals surface area contributed by atoms with Crippen molar-refractivity contribution < 1.29 is 23.9 Å². The fourth-order valence-electron chi connectivity index (χ4n) is 1.16. The molecule has 0 aliphatic heterocycles. The number of carboxylic acid groups (broad SMARTS) is 1. The third-order valence-corrected chi connectivity index (χ3v) is 2.13. The minimum atomic E-state index is -1.30. The Morgan fingerprint density at radius 3 is 2.32 bits per heavy atom. The SMILES string of the molecule is CN(C(=O)NC(=O)C=CC(=O)O)c1ccc(F)cc1. The molecule has 0 aromatic heterocycles. The van der Waals surface area contributed by atoms with Crippen molar-refractivity contribution in [3.63, 3.8) is 0 Å². The molecule has 0 fully saturated rings. The fourth-order valence-corrected chi connectivity index (χ4v) is 1.16. The molecule has 0 heterocycles. The molecular formula is C12H11FN2O4. The van der Waals surface area contributed by atoms with E-state index in [2.05, 4.69) is 0 Å². The number of carbonyl (C=O) groups excluding carboxylic acids is 2. The molecule has 1 aromatic carbocycles. The molecule has 100 valence electrons. The van der Waals surface area contributed by atoms with E-state index in [1.807, 2.05) is 5.32 Å². The van der Waals surface area contributed by atoms with Gasteiger partial charge in [-0.2, -0.15) is 0 Å². The number of halogens is 1. The lowest BCUT2D eigenvalue weighted by Gasteiger charge is -2.16. The van der Waals surface area contributed by atoms with Crippen LogP contribution in [0.5, 0.6) is 0 Å². The van der Waals surface area contributed by atoms with E-state index in [1.54, 1.807) is 0 Å². The third-order valence-electron chi connectivity index (χ3n) is 2.13. The van der Waals surface area contributed by atoms with Gasteiger partial charge in [-0.15, -0.1) is 0 Å². The van der Waals surface area contributed by atoms with E-state index in [0.29, 0.717) is 11.8 Å². The van der Waals surface area contributed by atoms with Gasteiger partial charge in [-0.25, -0.2) is 14.0 Å². The van der Waals surface area contributed by atoms with Gasteiger partial charge >= 0.3 is 12.0 Å². The van der Waals surface area contributed by atoms with Gasteiger partial charge in [0.05, 0.1) is 0 Å². The summed E-state index contributed by atoms with van der Waals surface area (Å²) in [4.78, 5) is 34.0. The minimum Gasteiger partial charge on any atom is -0.478 e. The van der Waals surface area contributed by atoms with E-state index < -0.39 is 23.7 Å². The molecule has 0 bridgehead atoms. The summed E-state index contributed by atoms with van der Waals surface area (Å²) in [6, 6.07) is 4.32. The molecule has 6 nitrogen and oxygen atoms in total. The van der Waals surface area contributed by atoms with Crippen molar-refractivity contribution >= 4 is 23.6 Å². The highest BCUT2D eigenvalue weighted by Crippen LogP contribution is 2.12. The summed E-state index contributed by atoms with van der Waals surface area (Å²) in [5.74, 6) is -2.60. The Labute approximate surface area is 108 Å². The second kappa shape index (κ2) is 6.29. The van der Waals surface area contributed by atoms with Crippen LogP contribution in [0.4, 0.5) is 14.9 Å². The Hall–Kier alpha value is -2.70. The highest BCUT2D eigenvalue weighted by Gasteiger charge is 2.12. The molecular weight excluding hydrogens is 255 g/mol. The number of urea groups is 1. The first-order valence-electron chi connectivity index (χ1n) is 5.15. The molecule has 7 heteroatoms. The number of imide groups is 1. The lowest BCUT2D eigenvalue weighted by atomic mass is 10.3. The first kappa shape index (κ1) is 14.4. The monoisotopic (exact) mass is 266 g/mol. The zero-order valence-corrected chi connectivity index (χ0v) is 9.96. The number of nitrogens with zero attached hydrogens (tertiary/aromatic N) is 1. The van der Waals surface area contributed by atoms with Crippen molar-refractivity contribution in [2.75, 3.05) is 11.9 Å². The summed E-state index contributed by atoms with van der Waals surface area (Å²) in [5, 5.41) is 10.3. The number of amides is 3. The maximum Gasteiger partial charge on any atom is 0.328 e. The molecule has 0 spiro atoms. The number of carbonyl (C=O) groups is 3. The Balaban J connectivity index is 2.65. The molecule has 1 rings (SSSR count). The molecule has 0 unspecified atom stereocenters. The van der Waals surface area contributed by atoms with Crippen LogP contribution in [0, 0.1) is 5.82 Å². The maximum atomic E-state index is 12.7. The molecule has 0 atom stereocenters. The molecule has 0 saturated heterocycles. The van der Waals surface area contributed by atoms with E-state index >= 15 is 0 Å². The molecule has 0 aliphatic rings. The highest BCUT2D eigenvalue weighted by molar-refractivity contribution is 6.07. The van der Waals surface area contributed by atoms with E-state index in [4.69, 9.17) is 5.11 Å². The third kappa shape index (κ3) is 4.58. The summed E-state index contributed by atoms with van der Waals surface area (Å²) in [5.41, 5.74) is 0.383. The van der Waals surface area contributed by atoms with Gasteiger partial charge in [0.15, 0.2) is 0 Å². The molecule has 0 aliphatic carbocycles. The van der Waals surface area contributed by atoms with Gasteiger partial charge in [0, 0.05) is 24.9 Å². The van der Waals surface area contributed by atoms with Crippen LogP contribution in [0.1, 0.15) is 0 Å². The van der Waals surface area contributed by atoms with Crippen molar-refractivity contribution in [3.8, 4) is 0 Å². The van der Waals surface area contributed by atoms with E-state index in [9.17, 15) is 18.8 Å². The van der Waals surface area contributed by atoms with Crippen molar-refractivity contribution in [1.29, 1.82) is 0 Å². The van der Waals surface area contributed by atoms with Gasteiger partial charge in [0.25, 0.3) is 5.91 Å². The van der Waals surface area contributed by atoms with Crippen molar-refractivity contribution in [2.24, 2.45) is 0 Å². The Kier molecular flexibility index (Phi) is 4.76. The van der Waals surface area contributed by atoms with Crippen LogP contribution in [-0.4, -0.2) is 30.1 Å². The summed E-state index contributed by atoms with van der Waals surface area (Å²) < 4.78 is 12.7. The number of benzene rings is 1. The lowest BCUT2D eigenvalue weighted by molar-refractivity contribution is -0.131. The second-order valence-electron chi connectivity index (χ2n) is 3.50. The molecule has 3 amide bonds. The van der Waals surface area contributed by atoms with Crippen molar-refractivity contribution in [3.05, 3.63) is 42.2 Å². The first-order valence-corrected chi connectivity index (χ1v) is 5.15. The topological polar surface area (TPSA) is 86.7 Å². The smallest absolute Gasteiger partial charge is 0.328 e. The predicted octanol–water partition coefficient (Wildman–Crippen LogP) is 1.14. The van der Waals surface area contributed by atoms with Crippen LogP contribution in [0.25, 0.3) is 0 Å². The number of nitrogens with one attached hydrogen (secondary N) is 1. The van der Waals surface area contributed by atoms with Crippen LogP contribution in [-0.2, 0) is 9.59 Å². The maximum absolute atomic E-state index is 12.7. The van der Waals surface area contributed by atoms with Gasteiger partial charge in [-0.05, 0) is 24.3 Å². The average molecular weight is 266 g/mol. The number of hydrogen-bond donors (Lipinski definition) is 2. The van der Waals surface area contributed by atoms with Gasteiger partial charge in [0.1, 0.15) is 5.82 Å². The number of rotatable bonds is 3. The van der Waals surface area contributed by atoms with Crippen LogP contribution >= 0.6 is 0 Å². The number of aliphatic carboxylic acids is 1. The van der Waals surface area contributed by atoms with Gasteiger partial charge in [-0.1, -0.05) is 0 Å². The molecule has 0 radical (unpaired) electrons. The summed E-state index contributed by atoms with van der Waals surface area (Å²) in [6.45, 7) is 0. The zero-order valence-electron chi connectivity index (χ0n) is 9.96. The van der Waals surface area contributed by atoms with Crippen molar-refractivity contribution in [2.45, 2.75) is 0 Å². The van der Waals surface area contributed by atoms with E-state index in [-0.39, 0.29) is 0 Å². The quantitative estimate of drug-likeness (QED) is 0.803. The predicted molar refractivity (Wildman–Crippen MR) is 65.1 cm³/mol. The second-order valence-corrected chi connectivity index (χ2v) is 3.50. The summed E-state index contributed by atoms with van der Waals surface area (Å²) in [7, 11) is 1.39.